The molecule has 0 atom stereocenters. The van der Waals surface area contributed by atoms with Gasteiger partial charge in [-0.15, -0.1) is 0 Å². The largest absolute Gasteiger partial charge is 0.493 e. The summed E-state index contributed by atoms with van der Waals surface area (Å²) in [6, 6.07) is 4.27. The van der Waals surface area contributed by atoms with Crippen LogP contribution < -0.4 is 4.74 Å². The molecule has 0 amide bonds. The van der Waals surface area contributed by atoms with Crippen LogP contribution in [0.25, 0.3) is 0 Å². The molecule has 0 unspecified atom stereocenters. The lowest BCUT2D eigenvalue weighted by Crippen LogP contribution is -2.09. The number of hydrogen-bond donors (Lipinski definition) is 1. The van der Waals surface area contributed by atoms with Gasteiger partial charge in [-0.1, -0.05) is 12.1 Å². The van der Waals surface area contributed by atoms with Crippen molar-refractivity contribution in [3.63, 3.8) is 0 Å². The molecule has 0 saturated heterocycles. The SMILES string of the molecule is CCCOc1cc2c(cc1/C(C)=N/O)CCCC2. The maximum Gasteiger partial charge on any atom is 0.128 e. The Morgan fingerprint density at radius 1 is 1.28 bits per heavy atom. The van der Waals surface area contributed by atoms with Crippen LogP contribution in [0.15, 0.2) is 17.3 Å². The van der Waals surface area contributed by atoms with Crippen LogP contribution in [-0.2, 0) is 12.8 Å². The lowest BCUT2D eigenvalue weighted by molar-refractivity contribution is 0.311. The Labute approximate surface area is 108 Å². The van der Waals surface area contributed by atoms with E-state index in [1.807, 2.05) is 6.92 Å². The first-order valence-corrected chi connectivity index (χ1v) is 6.74. The van der Waals surface area contributed by atoms with E-state index in [-0.39, 0.29) is 0 Å². The van der Waals surface area contributed by atoms with Crippen molar-refractivity contribution in [1.29, 1.82) is 0 Å². The van der Waals surface area contributed by atoms with Crippen molar-refractivity contribution in [2.75, 3.05) is 6.61 Å². The fourth-order valence-corrected chi connectivity index (χ4v) is 2.43. The quantitative estimate of drug-likeness (QED) is 0.502. The highest BCUT2D eigenvalue weighted by Crippen LogP contribution is 2.29. The second-order valence-electron chi connectivity index (χ2n) is 4.86. The molecule has 0 aliphatic heterocycles. The van der Waals surface area contributed by atoms with Crippen molar-refractivity contribution in [2.45, 2.75) is 46.0 Å². The van der Waals surface area contributed by atoms with Crippen LogP contribution in [0.2, 0.25) is 0 Å². The Hall–Kier alpha value is -1.51. The molecular formula is C15H21NO2. The predicted octanol–water partition coefficient (Wildman–Crippen LogP) is 3.55. The maximum absolute atomic E-state index is 8.97. The maximum atomic E-state index is 8.97. The van der Waals surface area contributed by atoms with Crippen LogP contribution in [0, 0.1) is 0 Å². The summed E-state index contributed by atoms with van der Waals surface area (Å²) >= 11 is 0. The van der Waals surface area contributed by atoms with Gasteiger partial charge in [-0.05, 0) is 62.3 Å². The van der Waals surface area contributed by atoms with Gasteiger partial charge in [0.05, 0.1) is 12.3 Å². The predicted molar refractivity (Wildman–Crippen MR) is 72.9 cm³/mol. The summed E-state index contributed by atoms with van der Waals surface area (Å²) in [5.74, 6) is 0.854. The molecule has 1 aromatic rings. The summed E-state index contributed by atoms with van der Waals surface area (Å²) in [5.41, 5.74) is 4.31. The number of hydrogen-bond acceptors (Lipinski definition) is 3. The molecule has 0 fully saturated rings. The number of rotatable bonds is 4. The zero-order valence-corrected chi connectivity index (χ0v) is 11.2. The number of ether oxygens (including phenoxy) is 1. The molecule has 0 saturated carbocycles. The van der Waals surface area contributed by atoms with Gasteiger partial charge in [0, 0.05) is 5.56 Å². The molecule has 1 aliphatic carbocycles. The summed E-state index contributed by atoms with van der Waals surface area (Å²) in [4.78, 5) is 0. The van der Waals surface area contributed by atoms with E-state index in [1.54, 1.807) is 0 Å². The number of oxime groups is 1. The number of aryl methyl sites for hydroxylation is 2. The number of nitrogens with zero attached hydrogens (tertiary/aromatic N) is 1. The Morgan fingerprint density at radius 2 is 1.94 bits per heavy atom. The molecule has 1 aromatic carbocycles. The topological polar surface area (TPSA) is 41.8 Å². The van der Waals surface area contributed by atoms with Gasteiger partial charge < -0.3 is 9.94 Å². The third kappa shape index (κ3) is 2.66. The van der Waals surface area contributed by atoms with E-state index in [0.29, 0.717) is 12.3 Å². The molecule has 1 aliphatic rings. The number of benzene rings is 1. The van der Waals surface area contributed by atoms with Gasteiger partial charge in [-0.25, -0.2) is 0 Å². The Kier molecular flexibility index (Phi) is 4.24. The van der Waals surface area contributed by atoms with Crippen molar-refractivity contribution in [1.82, 2.24) is 0 Å². The molecule has 0 aromatic heterocycles. The van der Waals surface area contributed by atoms with Gasteiger partial charge in [0.2, 0.25) is 0 Å². The van der Waals surface area contributed by atoms with Crippen molar-refractivity contribution >= 4 is 5.71 Å². The lowest BCUT2D eigenvalue weighted by Gasteiger charge is -2.19. The molecule has 2 rings (SSSR count). The molecule has 3 heteroatoms. The standard InChI is InChI=1S/C15H21NO2/c1-3-8-18-15-10-13-7-5-4-6-12(13)9-14(15)11(2)16-17/h9-10,17H,3-8H2,1-2H3/b16-11+. The molecule has 0 spiro atoms. The molecular weight excluding hydrogens is 226 g/mol. The monoisotopic (exact) mass is 247 g/mol. The van der Waals surface area contributed by atoms with E-state index in [4.69, 9.17) is 9.94 Å². The number of fused-ring (bicyclic) bond motifs is 1. The average molecular weight is 247 g/mol. The normalized spacial score (nSPS) is 15.3. The minimum atomic E-state index is 0.620. The first-order chi connectivity index (χ1) is 8.76. The summed E-state index contributed by atoms with van der Waals surface area (Å²) in [6.07, 6.45) is 5.73. The molecule has 1 N–H and O–H groups in total. The molecule has 98 valence electrons. The Bertz CT molecular complexity index is 452. The summed E-state index contributed by atoms with van der Waals surface area (Å²) in [5, 5.41) is 12.3. The first kappa shape index (κ1) is 12.9. The summed E-state index contributed by atoms with van der Waals surface area (Å²) in [7, 11) is 0. The fourth-order valence-electron chi connectivity index (χ4n) is 2.43. The molecule has 0 bridgehead atoms. The highest BCUT2D eigenvalue weighted by Gasteiger charge is 2.16. The molecule has 18 heavy (non-hydrogen) atoms. The summed E-state index contributed by atoms with van der Waals surface area (Å²) in [6.45, 7) is 4.60. The van der Waals surface area contributed by atoms with Gasteiger partial charge in [0.25, 0.3) is 0 Å². The van der Waals surface area contributed by atoms with Gasteiger partial charge in [-0.3, -0.25) is 0 Å². The zero-order valence-electron chi connectivity index (χ0n) is 11.2. The van der Waals surface area contributed by atoms with Crippen LogP contribution in [-0.4, -0.2) is 17.5 Å². The fraction of sp³-hybridized carbons (Fsp3) is 0.533. The van der Waals surface area contributed by atoms with Crippen LogP contribution in [0.5, 0.6) is 5.75 Å². The van der Waals surface area contributed by atoms with Crippen LogP contribution in [0.4, 0.5) is 0 Å². The van der Waals surface area contributed by atoms with E-state index < -0.39 is 0 Å². The van der Waals surface area contributed by atoms with Crippen LogP contribution in [0.1, 0.15) is 49.8 Å². The third-order valence-electron chi connectivity index (χ3n) is 3.45. The average Bonchev–Trinajstić information content (AvgIpc) is 2.43. The van der Waals surface area contributed by atoms with E-state index in [2.05, 4.69) is 24.2 Å². The van der Waals surface area contributed by atoms with Crippen molar-refractivity contribution in [3.05, 3.63) is 28.8 Å². The van der Waals surface area contributed by atoms with Gasteiger partial charge >= 0.3 is 0 Å². The Morgan fingerprint density at radius 3 is 2.56 bits per heavy atom. The second kappa shape index (κ2) is 5.89. The zero-order chi connectivity index (χ0) is 13.0. The minimum Gasteiger partial charge on any atom is -0.493 e. The smallest absolute Gasteiger partial charge is 0.128 e. The van der Waals surface area contributed by atoms with Crippen molar-refractivity contribution < 1.29 is 9.94 Å². The minimum absolute atomic E-state index is 0.620. The van der Waals surface area contributed by atoms with Crippen LogP contribution >= 0.6 is 0 Å². The Balaban J connectivity index is 2.40. The van der Waals surface area contributed by atoms with Gasteiger partial charge in [0.15, 0.2) is 0 Å². The highest BCUT2D eigenvalue weighted by atomic mass is 16.5. The molecule has 0 radical (unpaired) electrons. The third-order valence-corrected chi connectivity index (χ3v) is 3.45. The van der Waals surface area contributed by atoms with Gasteiger partial charge in [0.1, 0.15) is 5.75 Å². The van der Waals surface area contributed by atoms with E-state index in [1.165, 1.54) is 24.0 Å². The second-order valence-corrected chi connectivity index (χ2v) is 4.86. The van der Waals surface area contributed by atoms with E-state index in [0.717, 1.165) is 30.6 Å². The first-order valence-electron chi connectivity index (χ1n) is 6.74. The summed E-state index contributed by atoms with van der Waals surface area (Å²) < 4.78 is 5.78. The molecule has 0 heterocycles. The van der Waals surface area contributed by atoms with Gasteiger partial charge in [-0.2, -0.15) is 0 Å². The molecule has 3 nitrogen and oxygen atoms in total. The highest BCUT2D eigenvalue weighted by molar-refractivity contribution is 6.01. The van der Waals surface area contributed by atoms with E-state index in [9.17, 15) is 0 Å². The van der Waals surface area contributed by atoms with Crippen molar-refractivity contribution in [2.24, 2.45) is 5.16 Å². The lowest BCUT2D eigenvalue weighted by atomic mass is 9.89. The van der Waals surface area contributed by atoms with Crippen molar-refractivity contribution in [3.8, 4) is 5.75 Å². The van der Waals surface area contributed by atoms with Crippen LogP contribution in [0.3, 0.4) is 0 Å². The van der Waals surface area contributed by atoms with E-state index >= 15 is 0 Å².